The number of pyridine rings is 1. The van der Waals surface area contributed by atoms with Gasteiger partial charge in [0.15, 0.2) is 0 Å². The Balaban J connectivity index is 1.65. The first kappa shape index (κ1) is 14.3. The molecule has 0 spiro atoms. The molecule has 4 heteroatoms. The number of nitrogens with one attached hydrogen (secondary N) is 1. The quantitative estimate of drug-likeness (QED) is 0.789. The molecule has 0 atom stereocenters. The van der Waals surface area contributed by atoms with Crippen LogP contribution in [-0.2, 0) is 0 Å². The van der Waals surface area contributed by atoms with Crippen molar-refractivity contribution in [3.63, 3.8) is 0 Å². The number of rotatable bonds is 6. The molecule has 1 saturated heterocycles. The topological polar surface area (TPSA) is 31.4 Å². The van der Waals surface area contributed by atoms with Crippen molar-refractivity contribution in [3.8, 4) is 0 Å². The van der Waals surface area contributed by atoms with Gasteiger partial charge < -0.3 is 10.2 Å². The van der Waals surface area contributed by atoms with Crippen molar-refractivity contribution in [1.82, 2.24) is 15.2 Å². The lowest BCUT2D eigenvalue weighted by atomic mass is 10.2. The lowest BCUT2D eigenvalue weighted by molar-refractivity contribution is 0.252. The van der Waals surface area contributed by atoms with Crippen LogP contribution in [0.4, 0.5) is 5.82 Å². The van der Waals surface area contributed by atoms with Crippen molar-refractivity contribution in [1.29, 1.82) is 0 Å². The summed E-state index contributed by atoms with van der Waals surface area (Å²) in [6, 6.07) is 6.73. The second-order valence-corrected chi connectivity index (χ2v) is 5.48. The SMILES string of the molecule is CC(C)NCCCN1CCN(c2ccccn2)CC1. The Morgan fingerprint density at radius 1 is 1.21 bits per heavy atom. The first-order valence-corrected chi connectivity index (χ1v) is 7.37. The summed E-state index contributed by atoms with van der Waals surface area (Å²) >= 11 is 0. The Labute approximate surface area is 116 Å². The highest BCUT2D eigenvalue weighted by atomic mass is 15.3. The molecule has 0 aromatic carbocycles. The summed E-state index contributed by atoms with van der Waals surface area (Å²) in [5, 5.41) is 3.47. The number of aromatic nitrogens is 1. The van der Waals surface area contributed by atoms with Crippen LogP contribution in [0.25, 0.3) is 0 Å². The molecule has 2 rings (SSSR count). The summed E-state index contributed by atoms with van der Waals surface area (Å²) in [6.45, 7) is 11.2. The summed E-state index contributed by atoms with van der Waals surface area (Å²) in [7, 11) is 0. The van der Waals surface area contributed by atoms with Crippen molar-refractivity contribution in [3.05, 3.63) is 24.4 Å². The molecule has 1 aliphatic rings. The van der Waals surface area contributed by atoms with Gasteiger partial charge in [-0.05, 0) is 31.6 Å². The maximum atomic E-state index is 4.42. The Morgan fingerprint density at radius 2 is 2.00 bits per heavy atom. The van der Waals surface area contributed by atoms with Crippen molar-refractivity contribution < 1.29 is 0 Å². The van der Waals surface area contributed by atoms with E-state index in [1.807, 2.05) is 12.3 Å². The van der Waals surface area contributed by atoms with Gasteiger partial charge in [0.1, 0.15) is 5.82 Å². The fourth-order valence-electron chi connectivity index (χ4n) is 2.43. The third-order valence-electron chi connectivity index (χ3n) is 3.55. The van der Waals surface area contributed by atoms with Crippen LogP contribution in [-0.4, -0.2) is 55.2 Å². The highest BCUT2D eigenvalue weighted by Crippen LogP contribution is 2.12. The first-order valence-electron chi connectivity index (χ1n) is 7.37. The predicted octanol–water partition coefficient (Wildman–Crippen LogP) is 1.59. The normalized spacial score (nSPS) is 17.1. The Hall–Kier alpha value is -1.13. The van der Waals surface area contributed by atoms with E-state index in [-0.39, 0.29) is 0 Å². The summed E-state index contributed by atoms with van der Waals surface area (Å²) in [5.74, 6) is 1.11. The zero-order chi connectivity index (χ0) is 13.5. The average molecular weight is 262 g/mol. The number of piperazine rings is 1. The molecule has 1 aromatic rings. The monoisotopic (exact) mass is 262 g/mol. The van der Waals surface area contributed by atoms with Crippen molar-refractivity contribution >= 4 is 5.82 Å². The molecule has 0 saturated carbocycles. The molecule has 4 nitrogen and oxygen atoms in total. The molecule has 0 radical (unpaired) electrons. The molecule has 0 amide bonds. The molecule has 0 aliphatic carbocycles. The smallest absolute Gasteiger partial charge is 0.128 e. The van der Waals surface area contributed by atoms with E-state index in [1.54, 1.807) is 0 Å². The van der Waals surface area contributed by atoms with Gasteiger partial charge in [0.05, 0.1) is 0 Å². The number of anilines is 1. The van der Waals surface area contributed by atoms with Gasteiger partial charge in [-0.15, -0.1) is 0 Å². The van der Waals surface area contributed by atoms with Gasteiger partial charge >= 0.3 is 0 Å². The average Bonchev–Trinajstić information content (AvgIpc) is 2.45. The molecular weight excluding hydrogens is 236 g/mol. The zero-order valence-corrected chi connectivity index (χ0v) is 12.2. The van der Waals surface area contributed by atoms with Crippen LogP contribution in [0.3, 0.4) is 0 Å². The van der Waals surface area contributed by atoms with E-state index in [4.69, 9.17) is 0 Å². The van der Waals surface area contributed by atoms with Gasteiger partial charge in [0, 0.05) is 38.4 Å². The van der Waals surface area contributed by atoms with Crippen LogP contribution >= 0.6 is 0 Å². The fraction of sp³-hybridized carbons (Fsp3) is 0.667. The van der Waals surface area contributed by atoms with Crippen LogP contribution in [0.2, 0.25) is 0 Å². The van der Waals surface area contributed by atoms with E-state index in [1.165, 1.54) is 13.0 Å². The number of hydrogen-bond donors (Lipinski definition) is 1. The molecule has 0 bridgehead atoms. The van der Waals surface area contributed by atoms with Crippen LogP contribution in [0.5, 0.6) is 0 Å². The molecule has 1 aromatic heterocycles. The minimum Gasteiger partial charge on any atom is -0.354 e. The van der Waals surface area contributed by atoms with E-state index in [9.17, 15) is 0 Å². The summed E-state index contributed by atoms with van der Waals surface area (Å²) in [4.78, 5) is 9.35. The maximum Gasteiger partial charge on any atom is 0.128 e. The molecule has 2 heterocycles. The molecule has 1 fully saturated rings. The molecule has 1 N–H and O–H groups in total. The fourth-order valence-corrected chi connectivity index (χ4v) is 2.43. The zero-order valence-electron chi connectivity index (χ0n) is 12.2. The standard InChI is InChI=1S/C15H26N4/c1-14(2)16-8-5-9-18-10-12-19(13-11-18)15-6-3-4-7-17-15/h3-4,6-7,14,16H,5,8-13H2,1-2H3. The number of hydrogen-bond acceptors (Lipinski definition) is 4. The summed E-state index contributed by atoms with van der Waals surface area (Å²) in [5.41, 5.74) is 0. The Morgan fingerprint density at radius 3 is 2.63 bits per heavy atom. The molecule has 1 aliphatic heterocycles. The van der Waals surface area contributed by atoms with Gasteiger partial charge in [-0.3, -0.25) is 4.90 Å². The minimum atomic E-state index is 0.598. The largest absolute Gasteiger partial charge is 0.354 e. The summed E-state index contributed by atoms with van der Waals surface area (Å²) in [6.07, 6.45) is 3.11. The number of nitrogens with zero attached hydrogens (tertiary/aromatic N) is 3. The van der Waals surface area contributed by atoms with E-state index in [0.717, 1.165) is 38.5 Å². The third kappa shape index (κ3) is 4.80. The summed E-state index contributed by atoms with van der Waals surface area (Å²) < 4.78 is 0. The molecule has 19 heavy (non-hydrogen) atoms. The van der Waals surface area contributed by atoms with E-state index < -0.39 is 0 Å². The van der Waals surface area contributed by atoms with E-state index in [2.05, 4.69) is 46.1 Å². The maximum absolute atomic E-state index is 4.42. The Kier molecular flexibility index (Phi) is 5.61. The third-order valence-corrected chi connectivity index (χ3v) is 3.55. The van der Waals surface area contributed by atoms with Crippen molar-refractivity contribution in [2.75, 3.05) is 44.2 Å². The van der Waals surface area contributed by atoms with Gasteiger partial charge in [-0.25, -0.2) is 4.98 Å². The van der Waals surface area contributed by atoms with Gasteiger partial charge in [-0.2, -0.15) is 0 Å². The molecule has 0 unspecified atom stereocenters. The Bertz CT molecular complexity index is 344. The van der Waals surface area contributed by atoms with Crippen LogP contribution in [0, 0.1) is 0 Å². The second-order valence-electron chi connectivity index (χ2n) is 5.48. The van der Waals surface area contributed by atoms with Gasteiger partial charge in [0.25, 0.3) is 0 Å². The second kappa shape index (κ2) is 7.46. The highest BCUT2D eigenvalue weighted by Gasteiger charge is 2.16. The lowest BCUT2D eigenvalue weighted by Gasteiger charge is -2.35. The van der Waals surface area contributed by atoms with Crippen molar-refractivity contribution in [2.45, 2.75) is 26.3 Å². The van der Waals surface area contributed by atoms with Gasteiger partial charge in [-0.1, -0.05) is 19.9 Å². The first-order chi connectivity index (χ1) is 9.25. The van der Waals surface area contributed by atoms with Crippen molar-refractivity contribution in [2.24, 2.45) is 0 Å². The van der Waals surface area contributed by atoms with Gasteiger partial charge in [0.2, 0.25) is 0 Å². The van der Waals surface area contributed by atoms with Crippen LogP contribution in [0.1, 0.15) is 20.3 Å². The van der Waals surface area contributed by atoms with E-state index >= 15 is 0 Å². The minimum absolute atomic E-state index is 0.598. The van der Waals surface area contributed by atoms with Crippen LogP contribution in [0.15, 0.2) is 24.4 Å². The van der Waals surface area contributed by atoms with E-state index in [0.29, 0.717) is 6.04 Å². The highest BCUT2D eigenvalue weighted by molar-refractivity contribution is 5.38. The molecular formula is C15H26N4. The predicted molar refractivity (Wildman–Crippen MR) is 80.6 cm³/mol. The lowest BCUT2D eigenvalue weighted by Crippen LogP contribution is -2.47. The molecule has 106 valence electrons. The van der Waals surface area contributed by atoms with Crippen LogP contribution < -0.4 is 10.2 Å².